The van der Waals surface area contributed by atoms with Crippen LogP contribution in [-0.2, 0) is 6.54 Å². The quantitative estimate of drug-likeness (QED) is 0.800. The molecule has 6 heteroatoms. The Bertz CT molecular complexity index is 556. The van der Waals surface area contributed by atoms with Crippen molar-refractivity contribution in [1.82, 2.24) is 19.5 Å². The van der Waals surface area contributed by atoms with Gasteiger partial charge in [-0.05, 0) is 5.92 Å². The van der Waals surface area contributed by atoms with Gasteiger partial charge in [-0.25, -0.2) is 4.98 Å². The number of hydrogen-bond acceptors (Lipinski definition) is 4. The molecule has 2 rings (SSSR count). The minimum absolute atomic E-state index is 0.128. The van der Waals surface area contributed by atoms with E-state index in [1.807, 2.05) is 4.57 Å². The maximum absolute atomic E-state index is 11.5. The fourth-order valence-corrected chi connectivity index (χ4v) is 1.57. The van der Waals surface area contributed by atoms with Gasteiger partial charge in [-0.1, -0.05) is 20.3 Å². The van der Waals surface area contributed by atoms with Crippen LogP contribution in [0, 0.1) is 5.92 Å². The molecule has 0 aliphatic rings. The molecule has 86 valence electrons. The van der Waals surface area contributed by atoms with Crippen LogP contribution in [0.3, 0.4) is 0 Å². The third-order valence-corrected chi connectivity index (χ3v) is 2.70. The van der Waals surface area contributed by atoms with Crippen LogP contribution in [0.15, 0.2) is 11.1 Å². The van der Waals surface area contributed by atoms with E-state index in [9.17, 15) is 4.79 Å². The van der Waals surface area contributed by atoms with Gasteiger partial charge in [-0.2, -0.15) is 4.98 Å². The average Bonchev–Trinajstić information content (AvgIpc) is 2.61. The van der Waals surface area contributed by atoms with Gasteiger partial charge in [-0.3, -0.25) is 9.78 Å². The topological polar surface area (TPSA) is 89.6 Å². The Kier molecular flexibility index (Phi) is 2.64. The Morgan fingerprint density at radius 3 is 3.06 bits per heavy atom. The molecule has 0 aliphatic carbocycles. The third-order valence-electron chi connectivity index (χ3n) is 2.70. The predicted octanol–water partition coefficient (Wildman–Crippen LogP) is 0.748. The van der Waals surface area contributed by atoms with Gasteiger partial charge in [0.2, 0.25) is 5.95 Å². The first-order chi connectivity index (χ1) is 7.61. The smallest absolute Gasteiger partial charge is 0.280 e. The lowest BCUT2D eigenvalue weighted by molar-refractivity contribution is 0.474. The molecule has 0 radical (unpaired) electrons. The summed E-state index contributed by atoms with van der Waals surface area (Å²) in [4.78, 5) is 22.1. The zero-order valence-electron chi connectivity index (χ0n) is 9.40. The van der Waals surface area contributed by atoms with E-state index in [0.29, 0.717) is 17.1 Å². The van der Waals surface area contributed by atoms with Gasteiger partial charge in [0.25, 0.3) is 5.56 Å². The normalized spacial score (nSPS) is 13.1. The Morgan fingerprint density at radius 2 is 2.38 bits per heavy atom. The monoisotopic (exact) mass is 221 g/mol. The molecular formula is C10H15N5O. The van der Waals surface area contributed by atoms with Gasteiger partial charge in [0.1, 0.15) is 0 Å². The first-order valence-corrected chi connectivity index (χ1v) is 5.32. The van der Waals surface area contributed by atoms with E-state index in [-0.39, 0.29) is 11.5 Å². The Morgan fingerprint density at radius 1 is 1.62 bits per heavy atom. The van der Waals surface area contributed by atoms with Gasteiger partial charge in [-0.15, -0.1) is 0 Å². The summed E-state index contributed by atoms with van der Waals surface area (Å²) >= 11 is 0. The Balaban J connectivity index is 2.51. The second-order valence-corrected chi connectivity index (χ2v) is 4.03. The lowest BCUT2D eigenvalue weighted by Crippen LogP contribution is -2.13. The number of nitrogens with one attached hydrogen (secondary N) is 1. The fourth-order valence-electron chi connectivity index (χ4n) is 1.57. The van der Waals surface area contributed by atoms with Crippen molar-refractivity contribution >= 4 is 17.1 Å². The SMILES string of the molecule is CC[C@H](C)Cn1cnc2c(=O)[nH]c(N)nc21. The molecule has 0 aromatic carbocycles. The van der Waals surface area contributed by atoms with Crippen molar-refractivity contribution in [3.8, 4) is 0 Å². The minimum atomic E-state index is -0.287. The lowest BCUT2D eigenvalue weighted by Gasteiger charge is -2.09. The molecule has 16 heavy (non-hydrogen) atoms. The van der Waals surface area contributed by atoms with E-state index < -0.39 is 0 Å². The van der Waals surface area contributed by atoms with Crippen LogP contribution in [0.4, 0.5) is 5.95 Å². The van der Waals surface area contributed by atoms with Crippen LogP contribution in [0.5, 0.6) is 0 Å². The maximum atomic E-state index is 11.5. The first kappa shape index (κ1) is 10.7. The summed E-state index contributed by atoms with van der Waals surface area (Å²) in [6, 6.07) is 0. The molecule has 2 aromatic heterocycles. The van der Waals surface area contributed by atoms with Crippen molar-refractivity contribution in [2.45, 2.75) is 26.8 Å². The van der Waals surface area contributed by atoms with Crippen molar-refractivity contribution in [3.63, 3.8) is 0 Å². The number of imidazole rings is 1. The highest BCUT2D eigenvalue weighted by Crippen LogP contribution is 2.11. The van der Waals surface area contributed by atoms with Gasteiger partial charge in [0.05, 0.1) is 6.33 Å². The molecule has 6 nitrogen and oxygen atoms in total. The van der Waals surface area contributed by atoms with Crippen molar-refractivity contribution in [2.24, 2.45) is 5.92 Å². The highest BCUT2D eigenvalue weighted by atomic mass is 16.1. The van der Waals surface area contributed by atoms with Gasteiger partial charge >= 0.3 is 0 Å². The second-order valence-electron chi connectivity index (χ2n) is 4.03. The summed E-state index contributed by atoms with van der Waals surface area (Å²) in [6.45, 7) is 5.06. The largest absolute Gasteiger partial charge is 0.369 e. The molecule has 0 unspecified atom stereocenters. The highest BCUT2D eigenvalue weighted by Gasteiger charge is 2.10. The van der Waals surface area contributed by atoms with E-state index in [1.54, 1.807) is 6.33 Å². The molecule has 1 atom stereocenters. The summed E-state index contributed by atoms with van der Waals surface area (Å²) in [5.41, 5.74) is 6.12. The number of nitrogens with two attached hydrogens (primary N) is 1. The number of hydrogen-bond donors (Lipinski definition) is 2. The number of H-pyrrole nitrogens is 1. The molecule has 0 amide bonds. The van der Waals surface area contributed by atoms with E-state index >= 15 is 0 Å². The minimum Gasteiger partial charge on any atom is -0.369 e. The van der Waals surface area contributed by atoms with Crippen molar-refractivity contribution in [1.29, 1.82) is 0 Å². The average molecular weight is 221 g/mol. The zero-order chi connectivity index (χ0) is 11.7. The first-order valence-electron chi connectivity index (χ1n) is 5.32. The molecule has 0 bridgehead atoms. The number of fused-ring (bicyclic) bond motifs is 1. The summed E-state index contributed by atoms with van der Waals surface area (Å²) < 4.78 is 1.87. The zero-order valence-corrected chi connectivity index (χ0v) is 9.40. The van der Waals surface area contributed by atoms with Gasteiger partial charge < -0.3 is 10.3 Å². The molecule has 2 aromatic rings. The number of anilines is 1. The van der Waals surface area contributed by atoms with E-state index in [2.05, 4.69) is 28.8 Å². The molecule has 0 spiro atoms. The van der Waals surface area contributed by atoms with Crippen LogP contribution in [0.2, 0.25) is 0 Å². The summed E-state index contributed by atoms with van der Waals surface area (Å²) in [6.07, 6.45) is 2.71. The summed E-state index contributed by atoms with van der Waals surface area (Å²) in [7, 11) is 0. The second kappa shape index (κ2) is 3.96. The molecule has 0 aliphatic heterocycles. The van der Waals surface area contributed by atoms with Crippen LogP contribution in [-0.4, -0.2) is 19.5 Å². The van der Waals surface area contributed by atoms with Crippen molar-refractivity contribution < 1.29 is 0 Å². The lowest BCUT2D eigenvalue weighted by atomic mass is 10.1. The third kappa shape index (κ3) is 1.78. The summed E-state index contributed by atoms with van der Waals surface area (Å²) in [5, 5.41) is 0. The van der Waals surface area contributed by atoms with E-state index in [0.717, 1.165) is 13.0 Å². The van der Waals surface area contributed by atoms with Gasteiger partial charge in [0, 0.05) is 6.54 Å². The number of nitrogens with zero attached hydrogens (tertiary/aromatic N) is 3. The summed E-state index contributed by atoms with van der Waals surface area (Å²) in [5.74, 6) is 0.642. The van der Waals surface area contributed by atoms with E-state index in [1.165, 1.54) is 0 Å². The number of rotatable bonds is 3. The van der Waals surface area contributed by atoms with Crippen LogP contribution < -0.4 is 11.3 Å². The number of aromatic amines is 1. The maximum Gasteiger partial charge on any atom is 0.280 e. The molecule has 0 saturated carbocycles. The Labute approximate surface area is 92.5 Å². The molecular weight excluding hydrogens is 206 g/mol. The Hall–Kier alpha value is -1.85. The highest BCUT2D eigenvalue weighted by molar-refractivity contribution is 5.70. The number of aromatic nitrogens is 4. The van der Waals surface area contributed by atoms with Gasteiger partial charge in [0.15, 0.2) is 11.2 Å². The fraction of sp³-hybridized carbons (Fsp3) is 0.500. The molecule has 2 heterocycles. The molecule has 3 N–H and O–H groups in total. The van der Waals surface area contributed by atoms with Crippen LogP contribution >= 0.6 is 0 Å². The van der Waals surface area contributed by atoms with Crippen LogP contribution in [0.1, 0.15) is 20.3 Å². The van der Waals surface area contributed by atoms with E-state index in [4.69, 9.17) is 5.73 Å². The predicted molar refractivity (Wildman–Crippen MR) is 62.0 cm³/mol. The molecule has 0 fully saturated rings. The standard InChI is InChI=1S/C10H15N5O/c1-3-6(2)4-15-5-12-7-8(15)13-10(11)14-9(7)16/h5-6H,3-4H2,1-2H3,(H3,11,13,14,16)/t6-/m0/s1. The molecule has 0 saturated heterocycles. The van der Waals surface area contributed by atoms with Crippen molar-refractivity contribution in [3.05, 3.63) is 16.7 Å². The van der Waals surface area contributed by atoms with Crippen LogP contribution in [0.25, 0.3) is 11.2 Å². The number of nitrogen functional groups attached to an aromatic ring is 1. The van der Waals surface area contributed by atoms with Crippen molar-refractivity contribution in [2.75, 3.05) is 5.73 Å².